The van der Waals surface area contributed by atoms with E-state index in [9.17, 15) is 19.2 Å². The molecule has 1 aliphatic heterocycles. The summed E-state index contributed by atoms with van der Waals surface area (Å²) in [6.45, 7) is 0. The lowest BCUT2D eigenvalue weighted by molar-refractivity contribution is -0.145. The van der Waals surface area contributed by atoms with Gasteiger partial charge in [-0.1, -0.05) is 24.3 Å². The molecule has 0 spiro atoms. The first-order valence-electron chi connectivity index (χ1n) is 11.0. The van der Waals surface area contributed by atoms with Gasteiger partial charge in [0.05, 0.1) is 18.2 Å². The van der Waals surface area contributed by atoms with Crippen molar-refractivity contribution in [3.05, 3.63) is 70.9 Å². The van der Waals surface area contributed by atoms with E-state index in [0.717, 1.165) is 39.8 Å². The lowest BCUT2D eigenvalue weighted by atomic mass is 10.0. The third-order valence-electron chi connectivity index (χ3n) is 6.10. The van der Waals surface area contributed by atoms with Crippen LogP contribution in [0.5, 0.6) is 0 Å². The molecule has 9 nitrogen and oxygen atoms in total. The molecule has 0 radical (unpaired) electrons. The summed E-state index contributed by atoms with van der Waals surface area (Å²) in [4.78, 5) is 53.8. The fourth-order valence-electron chi connectivity index (χ4n) is 4.34. The SMILES string of the molecule is COC(=O)[C@H](Cc1c[nH]c2cc(CCCCC(=O)NO)ccc12)N1C(=O)c2ccccc2C1=O. The first-order chi connectivity index (χ1) is 16.4. The minimum Gasteiger partial charge on any atom is -0.467 e. The molecule has 34 heavy (non-hydrogen) atoms. The molecule has 1 atom stereocenters. The smallest absolute Gasteiger partial charge is 0.329 e. The normalized spacial score (nSPS) is 13.8. The number of amides is 3. The number of H-pyrrole nitrogens is 1. The number of aryl methyl sites for hydroxylation is 1. The molecule has 0 bridgehead atoms. The van der Waals surface area contributed by atoms with Crippen molar-refractivity contribution >= 4 is 34.6 Å². The van der Waals surface area contributed by atoms with Gasteiger partial charge in [-0.25, -0.2) is 10.3 Å². The van der Waals surface area contributed by atoms with E-state index >= 15 is 0 Å². The minimum atomic E-state index is -1.09. The number of carbonyl (C=O) groups is 4. The van der Waals surface area contributed by atoms with Crippen LogP contribution in [0.15, 0.2) is 48.7 Å². The van der Waals surface area contributed by atoms with E-state index in [0.29, 0.717) is 6.42 Å². The molecule has 2 heterocycles. The number of rotatable bonds is 9. The van der Waals surface area contributed by atoms with Crippen LogP contribution in [-0.2, 0) is 27.2 Å². The molecular weight excluding hydrogens is 438 g/mol. The number of methoxy groups -OCH3 is 1. The van der Waals surface area contributed by atoms with E-state index in [2.05, 4.69) is 4.98 Å². The van der Waals surface area contributed by atoms with Crippen molar-refractivity contribution in [1.29, 1.82) is 0 Å². The highest BCUT2D eigenvalue weighted by Crippen LogP contribution is 2.28. The molecule has 3 aromatic rings. The molecular formula is C25H25N3O6. The number of nitrogens with one attached hydrogen (secondary N) is 2. The van der Waals surface area contributed by atoms with Gasteiger partial charge in [-0.05, 0) is 48.6 Å². The molecule has 1 aromatic heterocycles. The summed E-state index contributed by atoms with van der Waals surface area (Å²) in [5, 5.41) is 9.44. The second kappa shape index (κ2) is 9.88. The van der Waals surface area contributed by atoms with Crippen LogP contribution in [0.4, 0.5) is 0 Å². The Morgan fingerprint density at radius 3 is 2.44 bits per heavy atom. The molecule has 9 heteroatoms. The Kier molecular flexibility index (Phi) is 6.74. The fourth-order valence-corrected chi connectivity index (χ4v) is 4.34. The van der Waals surface area contributed by atoms with Gasteiger partial charge in [0.1, 0.15) is 6.04 Å². The van der Waals surface area contributed by atoms with E-state index in [1.54, 1.807) is 35.9 Å². The molecule has 0 fully saturated rings. The Morgan fingerprint density at radius 1 is 1.09 bits per heavy atom. The predicted octanol–water partition coefficient (Wildman–Crippen LogP) is 2.77. The molecule has 3 N–H and O–H groups in total. The van der Waals surface area contributed by atoms with Crippen LogP contribution >= 0.6 is 0 Å². The zero-order chi connectivity index (χ0) is 24.2. The Morgan fingerprint density at radius 2 is 1.79 bits per heavy atom. The average molecular weight is 463 g/mol. The monoisotopic (exact) mass is 463 g/mol. The summed E-state index contributed by atoms with van der Waals surface area (Å²) in [6, 6.07) is 11.3. The van der Waals surface area contributed by atoms with Crippen molar-refractivity contribution in [1.82, 2.24) is 15.4 Å². The number of hydroxylamine groups is 1. The van der Waals surface area contributed by atoms with Gasteiger partial charge in [0.15, 0.2) is 0 Å². The number of aromatic amines is 1. The van der Waals surface area contributed by atoms with E-state index in [4.69, 9.17) is 9.94 Å². The number of ether oxygens (including phenoxy) is 1. The standard InChI is InChI=1S/C25H25N3O6/c1-34-25(32)21(28-23(30)18-7-3-4-8-19(18)24(28)31)13-16-14-26-20-12-15(10-11-17(16)20)6-2-5-9-22(29)27-33/h3-4,7-8,10-12,14,21,26,33H,2,5-6,9,13H2,1H3,(H,27,29)/t21-/m0/s1. The van der Waals surface area contributed by atoms with Crippen molar-refractivity contribution in [3.8, 4) is 0 Å². The molecule has 0 aliphatic carbocycles. The Balaban J connectivity index is 1.53. The maximum Gasteiger partial charge on any atom is 0.329 e. The van der Waals surface area contributed by atoms with Crippen molar-refractivity contribution in [2.75, 3.05) is 7.11 Å². The van der Waals surface area contributed by atoms with Crippen LogP contribution in [-0.4, -0.2) is 51.9 Å². The zero-order valence-electron chi connectivity index (χ0n) is 18.7. The predicted molar refractivity (Wildman–Crippen MR) is 122 cm³/mol. The van der Waals surface area contributed by atoms with Crippen LogP contribution in [0.2, 0.25) is 0 Å². The Labute approximate surface area is 195 Å². The molecule has 176 valence electrons. The Bertz CT molecular complexity index is 1230. The van der Waals surface area contributed by atoms with Crippen LogP contribution in [0, 0.1) is 0 Å². The van der Waals surface area contributed by atoms with Crippen LogP contribution in [0.3, 0.4) is 0 Å². The first kappa shape index (κ1) is 23.2. The number of benzene rings is 2. The van der Waals surface area contributed by atoms with Crippen molar-refractivity contribution < 1.29 is 29.1 Å². The maximum atomic E-state index is 12.9. The molecule has 1 aliphatic rings. The topological polar surface area (TPSA) is 129 Å². The summed E-state index contributed by atoms with van der Waals surface area (Å²) in [6.07, 6.45) is 4.36. The van der Waals surface area contributed by atoms with Crippen LogP contribution < -0.4 is 5.48 Å². The summed E-state index contributed by atoms with van der Waals surface area (Å²) >= 11 is 0. The third kappa shape index (κ3) is 4.42. The van der Waals surface area contributed by atoms with E-state index in [1.807, 2.05) is 18.2 Å². The second-order valence-corrected chi connectivity index (χ2v) is 8.20. The highest BCUT2D eigenvalue weighted by molar-refractivity contribution is 6.22. The number of unbranched alkanes of at least 4 members (excludes halogenated alkanes) is 1. The van der Waals surface area contributed by atoms with Gasteiger partial charge < -0.3 is 9.72 Å². The van der Waals surface area contributed by atoms with E-state index < -0.39 is 29.7 Å². The van der Waals surface area contributed by atoms with Gasteiger partial charge in [0, 0.05) is 29.9 Å². The highest BCUT2D eigenvalue weighted by atomic mass is 16.5. The van der Waals surface area contributed by atoms with Crippen molar-refractivity contribution in [2.24, 2.45) is 0 Å². The second-order valence-electron chi connectivity index (χ2n) is 8.20. The minimum absolute atomic E-state index is 0.119. The van der Waals surface area contributed by atoms with Gasteiger partial charge in [0.25, 0.3) is 11.8 Å². The third-order valence-corrected chi connectivity index (χ3v) is 6.10. The fraction of sp³-hybridized carbons (Fsp3) is 0.280. The zero-order valence-corrected chi connectivity index (χ0v) is 18.7. The number of imide groups is 1. The Hall–Kier alpha value is -3.98. The summed E-state index contributed by atoms with van der Waals surface area (Å²) < 4.78 is 4.94. The molecule has 0 saturated heterocycles. The number of nitrogens with zero attached hydrogens (tertiary/aromatic N) is 1. The average Bonchev–Trinajstić information content (AvgIpc) is 3.37. The van der Waals surface area contributed by atoms with Crippen molar-refractivity contribution in [2.45, 2.75) is 38.1 Å². The lowest BCUT2D eigenvalue weighted by Crippen LogP contribution is -2.46. The lowest BCUT2D eigenvalue weighted by Gasteiger charge is -2.23. The van der Waals surface area contributed by atoms with Crippen molar-refractivity contribution in [3.63, 3.8) is 0 Å². The molecule has 0 unspecified atom stereocenters. The van der Waals surface area contributed by atoms with Gasteiger partial charge in [-0.3, -0.25) is 24.5 Å². The molecule has 2 aromatic carbocycles. The first-order valence-corrected chi connectivity index (χ1v) is 11.0. The number of aromatic nitrogens is 1. The van der Waals surface area contributed by atoms with Crippen LogP contribution in [0.1, 0.15) is 51.1 Å². The number of esters is 1. The number of fused-ring (bicyclic) bond motifs is 2. The van der Waals surface area contributed by atoms with Crippen LogP contribution in [0.25, 0.3) is 10.9 Å². The largest absolute Gasteiger partial charge is 0.467 e. The number of carbonyl (C=O) groups excluding carboxylic acids is 4. The quantitative estimate of drug-likeness (QED) is 0.147. The van der Waals surface area contributed by atoms with Gasteiger partial charge in [0.2, 0.25) is 5.91 Å². The number of hydrogen-bond acceptors (Lipinski definition) is 6. The van der Waals surface area contributed by atoms with Gasteiger partial charge >= 0.3 is 5.97 Å². The molecule has 0 saturated carbocycles. The summed E-state index contributed by atoms with van der Waals surface area (Å²) in [5.41, 5.74) is 4.92. The highest BCUT2D eigenvalue weighted by Gasteiger charge is 2.43. The maximum absolute atomic E-state index is 12.9. The number of hydrogen-bond donors (Lipinski definition) is 3. The molecule has 4 rings (SSSR count). The van der Waals surface area contributed by atoms with Gasteiger partial charge in [-0.2, -0.15) is 0 Å². The van der Waals surface area contributed by atoms with E-state index in [-0.39, 0.29) is 24.0 Å². The van der Waals surface area contributed by atoms with Gasteiger partial charge in [-0.15, -0.1) is 0 Å². The summed E-state index contributed by atoms with van der Waals surface area (Å²) in [5.74, 6) is -2.07. The molecule has 3 amide bonds. The van der Waals surface area contributed by atoms with E-state index in [1.165, 1.54) is 7.11 Å². The summed E-state index contributed by atoms with van der Waals surface area (Å²) in [7, 11) is 1.24.